The Balaban J connectivity index is 3.15. The lowest BCUT2D eigenvalue weighted by Gasteiger charge is -2.08. The van der Waals surface area contributed by atoms with Crippen molar-refractivity contribution in [2.75, 3.05) is 6.54 Å². The normalized spacial score (nSPS) is 11.4. The number of unbranched alkanes of at least 4 members (excludes halogenated alkanes) is 1. The fraction of sp³-hybridized carbons (Fsp3) is 0.364. The van der Waals surface area contributed by atoms with E-state index in [0.29, 0.717) is 6.54 Å². The fourth-order valence-electron chi connectivity index (χ4n) is 1.41. The Bertz CT molecular complexity index is 590. The Labute approximate surface area is 116 Å². The summed E-state index contributed by atoms with van der Waals surface area (Å²) in [7, 11) is -4.28. The Kier molecular flexibility index (Phi) is 5.28. The third-order valence-corrected chi connectivity index (χ3v) is 3.50. The molecule has 1 aromatic carbocycles. The largest absolute Gasteiger partial charge is 0.352 e. The van der Waals surface area contributed by atoms with Crippen molar-refractivity contribution in [1.82, 2.24) is 5.32 Å². The number of rotatable bonds is 5. The lowest BCUT2D eigenvalue weighted by Crippen LogP contribution is -2.26. The van der Waals surface area contributed by atoms with Gasteiger partial charge in [0, 0.05) is 11.6 Å². The predicted octanol–water partition coefficient (Wildman–Crippen LogP) is 1.66. The highest BCUT2D eigenvalue weighted by Gasteiger charge is 2.22. The average Bonchev–Trinajstić information content (AvgIpc) is 2.30. The summed E-state index contributed by atoms with van der Waals surface area (Å²) in [6.45, 7) is 2.30. The monoisotopic (exact) mass is 308 g/mol. The van der Waals surface area contributed by atoms with Crippen molar-refractivity contribution in [2.45, 2.75) is 24.7 Å². The number of nitrogens with two attached hydrogens (primary N) is 1. The van der Waals surface area contributed by atoms with Gasteiger partial charge in [0.05, 0.1) is 5.56 Å². The molecular weight excluding hydrogens is 295 g/mol. The molecule has 0 spiro atoms. The molecule has 0 radical (unpaired) electrons. The Hall–Kier alpha value is -1.18. The summed E-state index contributed by atoms with van der Waals surface area (Å²) in [6.07, 6.45) is 1.59. The number of halogens is 2. The second-order valence-electron chi connectivity index (χ2n) is 3.92. The molecular formula is C11H14ClFN2O3S. The van der Waals surface area contributed by atoms with E-state index in [2.05, 4.69) is 5.32 Å². The highest BCUT2D eigenvalue weighted by atomic mass is 35.5. The van der Waals surface area contributed by atoms with Crippen molar-refractivity contribution >= 4 is 27.5 Å². The minimum absolute atomic E-state index is 0.0777. The summed E-state index contributed by atoms with van der Waals surface area (Å²) in [5, 5.41) is 7.25. The fourth-order valence-corrected chi connectivity index (χ4v) is 2.34. The number of sulfonamides is 1. The third-order valence-electron chi connectivity index (χ3n) is 2.37. The molecule has 8 heteroatoms. The Morgan fingerprint density at radius 2 is 2.11 bits per heavy atom. The molecule has 0 bridgehead atoms. The van der Waals surface area contributed by atoms with Crippen LogP contribution in [0.15, 0.2) is 17.0 Å². The molecule has 0 atom stereocenters. The summed E-state index contributed by atoms with van der Waals surface area (Å²) < 4.78 is 36.3. The van der Waals surface area contributed by atoms with Gasteiger partial charge in [0.1, 0.15) is 4.90 Å². The quantitative estimate of drug-likeness (QED) is 0.811. The van der Waals surface area contributed by atoms with Crippen LogP contribution in [0.5, 0.6) is 0 Å². The van der Waals surface area contributed by atoms with Crippen molar-refractivity contribution in [3.63, 3.8) is 0 Å². The van der Waals surface area contributed by atoms with E-state index in [0.717, 1.165) is 25.0 Å². The average molecular weight is 309 g/mol. The number of carbonyl (C=O) groups excluding carboxylic acids is 1. The van der Waals surface area contributed by atoms with Gasteiger partial charge in [-0.3, -0.25) is 4.79 Å². The number of hydrogen-bond donors (Lipinski definition) is 2. The maximum absolute atomic E-state index is 13.9. The number of amides is 1. The molecule has 0 aromatic heterocycles. The van der Waals surface area contributed by atoms with E-state index < -0.39 is 32.2 Å². The first-order valence-corrected chi connectivity index (χ1v) is 7.49. The highest BCUT2D eigenvalue weighted by Crippen LogP contribution is 2.22. The number of primary sulfonamides is 1. The van der Waals surface area contributed by atoms with Crippen LogP contribution in [0.2, 0.25) is 5.02 Å². The first-order valence-electron chi connectivity index (χ1n) is 5.57. The van der Waals surface area contributed by atoms with E-state index in [4.69, 9.17) is 16.7 Å². The number of carbonyl (C=O) groups is 1. The smallest absolute Gasteiger partial charge is 0.254 e. The molecule has 0 aliphatic rings. The Morgan fingerprint density at radius 3 is 2.63 bits per heavy atom. The SMILES string of the molecule is CCCCNC(=O)c1cc(Cl)cc(S(N)(=O)=O)c1F. The second-order valence-corrected chi connectivity index (χ2v) is 5.89. The molecule has 0 heterocycles. The molecule has 3 N–H and O–H groups in total. The maximum Gasteiger partial charge on any atom is 0.254 e. The Morgan fingerprint density at radius 1 is 1.47 bits per heavy atom. The summed E-state index contributed by atoms with van der Waals surface area (Å²) >= 11 is 5.67. The first-order chi connectivity index (χ1) is 8.77. The highest BCUT2D eigenvalue weighted by molar-refractivity contribution is 7.89. The van der Waals surface area contributed by atoms with Gasteiger partial charge >= 0.3 is 0 Å². The van der Waals surface area contributed by atoms with Crippen molar-refractivity contribution in [3.8, 4) is 0 Å². The number of nitrogens with one attached hydrogen (secondary N) is 1. The predicted molar refractivity (Wildman–Crippen MR) is 70.0 cm³/mol. The first kappa shape index (κ1) is 15.9. The zero-order valence-corrected chi connectivity index (χ0v) is 11.8. The molecule has 0 unspecified atom stereocenters. The van der Waals surface area contributed by atoms with E-state index in [1.54, 1.807) is 0 Å². The van der Waals surface area contributed by atoms with Gasteiger partial charge in [-0.1, -0.05) is 24.9 Å². The van der Waals surface area contributed by atoms with Crippen molar-refractivity contribution in [2.24, 2.45) is 5.14 Å². The summed E-state index contributed by atoms with van der Waals surface area (Å²) in [4.78, 5) is 10.9. The van der Waals surface area contributed by atoms with Crippen LogP contribution in [-0.2, 0) is 10.0 Å². The second kappa shape index (κ2) is 6.31. The van der Waals surface area contributed by atoms with Gasteiger partial charge in [-0.05, 0) is 18.6 Å². The van der Waals surface area contributed by atoms with E-state index in [9.17, 15) is 17.6 Å². The summed E-state index contributed by atoms with van der Waals surface area (Å²) in [6, 6.07) is 1.93. The van der Waals surface area contributed by atoms with Crippen LogP contribution in [0.4, 0.5) is 4.39 Å². The van der Waals surface area contributed by atoms with Crippen molar-refractivity contribution in [1.29, 1.82) is 0 Å². The molecule has 1 rings (SSSR count). The molecule has 1 amide bonds. The van der Waals surface area contributed by atoms with Crippen LogP contribution in [0, 0.1) is 5.82 Å². The number of hydrogen-bond acceptors (Lipinski definition) is 3. The van der Waals surface area contributed by atoms with Gasteiger partial charge in [0.15, 0.2) is 5.82 Å². The minimum Gasteiger partial charge on any atom is -0.352 e. The molecule has 0 aliphatic heterocycles. The van der Waals surface area contributed by atoms with Crippen LogP contribution in [0.25, 0.3) is 0 Å². The molecule has 106 valence electrons. The maximum atomic E-state index is 13.9. The van der Waals surface area contributed by atoms with E-state index in [1.807, 2.05) is 6.92 Å². The molecule has 0 saturated carbocycles. The zero-order valence-electron chi connectivity index (χ0n) is 10.2. The molecule has 0 fully saturated rings. The van der Waals surface area contributed by atoms with Crippen LogP contribution in [0.1, 0.15) is 30.1 Å². The van der Waals surface area contributed by atoms with Crippen LogP contribution in [-0.4, -0.2) is 20.9 Å². The zero-order chi connectivity index (χ0) is 14.6. The molecule has 0 aliphatic carbocycles. The van der Waals surface area contributed by atoms with E-state index >= 15 is 0 Å². The topological polar surface area (TPSA) is 89.3 Å². The lowest BCUT2D eigenvalue weighted by molar-refractivity contribution is 0.0948. The van der Waals surface area contributed by atoms with Gasteiger partial charge in [-0.2, -0.15) is 0 Å². The van der Waals surface area contributed by atoms with E-state index in [-0.39, 0.29) is 5.02 Å². The number of benzene rings is 1. The lowest BCUT2D eigenvalue weighted by atomic mass is 10.2. The summed E-state index contributed by atoms with van der Waals surface area (Å²) in [5.41, 5.74) is -0.437. The van der Waals surface area contributed by atoms with Crippen molar-refractivity contribution in [3.05, 3.63) is 28.5 Å². The molecule has 19 heavy (non-hydrogen) atoms. The standard InChI is InChI=1S/C11H14ClFN2O3S/c1-2-3-4-15-11(16)8-5-7(12)6-9(10(8)13)19(14,17)18/h5-6H,2-4H2,1H3,(H,15,16)(H2,14,17,18). The van der Waals surface area contributed by atoms with Crippen LogP contribution < -0.4 is 10.5 Å². The van der Waals surface area contributed by atoms with Gasteiger partial charge in [-0.15, -0.1) is 0 Å². The molecule has 0 saturated heterocycles. The van der Waals surface area contributed by atoms with Gasteiger partial charge in [0.2, 0.25) is 10.0 Å². The third kappa shape index (κ3) is 4.15. The summed E-state index contributed by atoms with van der Waals surface area (Å²) in [5.74, 6) is -1.92. The molecule has 5 nitrogen and oxygen atoms in total. The van der Waals surface area contributed by atoms with Crippen LogP contribution in [0.3, 0.4) is 0 Å². The van der Waals surface area contributed by atoms with Crippen LogP contribution >= 0.6 is 11.6 Å². The van der Waals surface area contributed by atoms with Gasteiger partial charge < -0.3 is 5.32 Å². The molecule has 1 aromatic rings. The van der Waals surface area contributed by atoms with Gasteiger partial charge in [-0.25, -0.2) is 17.9 Å². The minimum atomic E-state index is -4.28. The van der Waals surface area contributed by atoms with Gasteiger partial charge in [0.25, 0.3) is 5.91 Å². The van der Waals surface area contributed by atoms with E-state index in [1.165, 1.54) is 0 Å². The van der Waals surface area contributed by atoms with Crippen molar-refractivity contribution < 1.29 is 17.6 Å².